The van der Waals surface area contributed by atoms with Crippen LogP contribution < -0.4 is 5.73 Å². The minimum atomic E-state index is 0.233. The molecule has 7 heteroatoms. The first-order valence-electron chi connectivity index (χ1n) is 6.22. The van der Waals surface area contributed by atoms with Crippen LogP contribution >= 0.6 is 34.5 Å². The van der Waals surface area contributed by atoms with Crippen molar-refractivity contribution in [3.63, 3.8) is 0 Å². The molecule has 1 aliphatic rings. The number of anilines is 1. The molecule has 1 heterocycles. The smallest absolute Gasteiger partial charge is 0.203 e. The summed E-state index contributed by atoms with van der Waals surface area (Å²) in [5.41, 5.74) is 8.00. The first-order valence-corrected chi connectivity index (χ1v) is 7.79. The molecule has 2 aromatic rings. The number of benzene rings is 1. The second kappa shape index (κ2) is 5.67. The van der Waals surface area contributed by atoms with Crippen LogP contribution in [0.5, 0.6) is 0 Å². The zero-order valence-corrected chi connectivity index (χ0v) is 13.1. The van der Waals surface area contributed by atoms with E-state index in [1.165, 1.54) is 11.3 Å². The minimum Gasteiger partial charge on any atom is -0.507 e. The fourth-order valence-corrected chi connectivity index (χ4v) is 3.35. The van der Waals surface area contributed by atoms with Gasteiger partial charge < -0.3 is 10.8 Å². The molecule has 0 radical (unpaired) electrons. The van der Waals surface area contributed by atoms with Crippen molar-refractivity contribution >= 4 is 51.3 Å². The number of nitrogens with zero attached hydrogens (tertiary/aromatic N) is 2. The summed E-state index contributed by atoms with van der Waals surface area (Å²) in [4.78, 5) is 0. The van der Waals surface area contributed by atoms with Gasteiger partial charge in [0.15, 0.2) is 0 Å². The topological polar surface area (TPSA) is 72.0 Å². The number of aliphatic hydroxyl groups is 1. The molecule has 0 unspecified atom stereocenters. The van der Waals surface area contributed by atoms with Gasteiger partial charge in [0.05, 0.1) is 0 Å². The quantitative estimate of drug-likeness (QED) is 0.840. The van der Waals surface area contributed by atoms with Crippen LogP contribution in [0, 0.1) is 0 Å². The molecular formula is C14H11Cl2N3OS. The van der Waals surface area contributed by atoms with E-state index in [1.54, 1.807) is 12.1 Å². The highest BCUT2D eigenvalue weighted by Gasteiger charge is 2.23. The van der Waals surface area contributed by atoms with Gasteiger partial charge in [0.2, 0.25) is 5.13 Å². The largest absolute Gasteiger partial charge is 0.507 e. The summed E-state index contributed by atoms with van der Waals surface area (Å²) in [6.07, 6.45) is 3.29. The third-order valence-electron chi connectivity index (χ3n) is 3.23. The van der Waals surface area contributed by atoms with E-state index in [9.17, 15) is 5.11 Å². The molecular weight excluding hydrogens is 329 g/mol. The number of aromatic nitrogens is 2. The Morgan fingerprint density at radius 3 is 2.71 bits per heavy atom. The number of aliphatic hydroxyl groups excluding tert-OH is 1. The fraction of sp³-hybridized carbons (Fsp3) is 0.143. The Morgan fingerprint density at radius 2 is 2.05 bits per heavy atom. The zero-order chi connectivity index (χ0) is 15.0. The molecule has 21 heavy (non-hydrogen) atoms. The normalized spacial score (nSPS) is 17.0. The van der Waals surface area contributed by atoms with Crippen LogP contribution in [0.25, 0.3) is 11.6 Å². The predicted molar refractivity (Wildman–Crippen MR) is 87.5 cm³/mol. The molecule has 1 aromatic heterocycles. The van der Waals surface area contributed by atoms with E-state index in [-0.39, 0.29) is 5.76 Å². The second-order valence-corrected chi connectivity index (χ2v) is 6.46. The molecule has 0 amide bonds. The van der Waals surface area contributed by atoms with Gasteiger partial charge in [-0.05, 0) is 42.2 Å². The van der Waals surface area contributed by atoms with Gasteiger partial charge in [-0.1, -0.05) is 40.6 Å². The highest BCUT2D eigenvalue weighted by molar-refractivity contribution is 7.16. The summed E-state index contributed by atoms with van der Waals surface area (Å²) >= 11 is 13.3. The van der Waals surface area contributed by atoms with Crippen LogP contribution in [-0.2, 0) is 0 Å². The molecule has 0 saturated carbocycles. The lowest BCUT2D eigenvalue weighted by molar-refractivity contribution is 0.429. The van der Waals surface area contributed by atoms with Crippen LogP contribution in [0.2, 0.25) is 10.0 Å². The number of halogens is 2. The third-order valence-corrected chi connectivity index (χ3v) is 4.60. The van der Waals surface area contributed by atoms with Crippen LogP contribution in [-0.4, -0.2) is 15.3 Å². The summed E-state index contributed by atoms with van der Waals surface area (Å²) in [5, 5.41) is 20.3. The third kappa shape index (κ3) is 2.90. The molecule has 0 saturated heterocycles. The Hall–Kier alpha value is -1.56. The molecule has 0 atom stereocenters. The molecule has 4 nitrogen and oxygen atoms in total. The number of nitrogens with two attached hydrogens (primary N) is 1. The van der Waals surface area contributed by atoms with Crippen molar-refractivity contribution in [1.29, 1.82) is 0 Å². The predicted octanol–water partition coefficient (Wildman–Crippen LogP) is 4.57. The van der Waals surface area contributed by atoms with Gasteiger partial charge in [-0.25, -0.2) is 0 Å². The van der Waals surface area contributed by atoms with Crippen LogP contribution in [0.1, 0.15) is 23.4 Å². The standard InChI is InChI=1S/C14H11Cl2N3OS/c15-9-3-1-7(11(16)6-9)5-8-2-4-10(12(8)20)13-18-19-14(17)21-13/h1,3,5-6,20H,2,4H2,(H2,17,19)/b8-5-. The molecule has 1 aliphatic carbocycles. The van der Waals surface area contributed by atoms with Gasteiger partial charge in [0.25, 0.3) is 0 Å². The lowest BCUT2D eigenvalue weighted by atomic mass is 10.1. The number of allylic oxidation sites excluding steroid dienone is 2. The first-order chi connectivity index (χ1) is 10.0. The van der Waals surface area contributed by atoms with Crippen LogP contribution in [0.4, 0.5) is 5.13 Å². The van der Waals surface area contributed by atoms with Gasteiger partial charge in [-0.3, -0.25) is 0 Å². The SMILES string of the molecule is Nc1nnc(C2=C(O)/C(=C\c3ccc(Cl)cc3Cl)CC2)s1. The van der Waals surface area contributed by atoms with E-state index < -0.39 is 0 Å². The Kier molecular flexibility index (Phi) is 3.89. The average Bonchev–Trinajstić information content (AvgIpc) is 3.00. The maximum atomic E-state index is 10.4. The Morgan fingerprint density at radius 1 is 1.24 bits per heavy atom. The minimum absolute atomic E-state index is 0.233. The van der Waals surface area contributed by atoms with Crippen molar-refractivity contribution in [3.05, 3.63) is 50.1 Å². The van der Waals surface area contributed by atoms with E-state index in [0.29, 0.717) is 26.6 Å². The molecule has 108 valence electrons. The van der Waals surface area contributed by atoms with Crippen molar-refractivity contribution < 1.29 is 5.11 Å². The maximum Gasteiger partial charge on any atom is 0.203 e. The van der Waals surface area contributed by atoms with Gasteiger partial charge in [-0.2, -0.15) is 0 Å². The Balaban J connectivity index is 1.97. The second-order valence-electron chi connectivity index (χ2n) is 4.61. The van der Waals surface area contributed by atoms with E-state index in [4.69, 9.17) is 28.9 Å². The number of hydrogen-bond donors (Lipinski definition) is 2. The van der Waals surface area contributed by atoms with Crippen LogP contribution in [0.15, 0.2) is 29.5 Å². The van der Waals surface area contributed by atoms with Crippen molar-refractivity contribution in [3.8, 4) is 0 Å². The van der Waals surface area contributed by atoms with Gasteiger partial charge in [-0.15, -0.1) is 10.2 Å². The lowest BCUT2D eigenvalue weighted by Crippen LogP contribution is -1.86. The Bertz CT molecular complexity index is 767. The Labute approximate surface area is 135 Å². The number of rotatable bonds is 2. The van der Waals surface area contributed by atoms with Crippen molar-refractivity contribution in [1.82, 2.24) is 10.2 Å². The highest BCUT2D eigenvalue weighted by Crippen LogP contribution is 2.39. The summed E-state index contributed by atoms with van der Waals surface area (Å²) < 4.78 is 0. The molecule has 0 aliphatic heterocycles. The summed E-state index contributed by atoms with van der Waals surface area (Å²) in [6, 6.07) is 5.27. The molecule has 1 aromatic carbocycles. The highest BCUT2D eigenvalue weighted by atomic mass is 35.5. The summed E-state index contributed by atoms with van der Waals surface area (Å²) in [7, 11) is 0. The fourth-order valence-electron chi connectivity index (χ4n) is 2.20. The summed E-state index contributed by atoms with van der Waals surface area (Å²) in [5.74, 6) is 0.233. The van der Waals surface area contributed by atoms with E-state index in [1.807, 2.05) is 12.1 Å². The molecule has 3 rings (SSSR count). The maximum absolute atomic E-state index is 10.4. The van der Waals surface area contributed by atoms with Gasteiger partial charge in [0.1, 0.15) is 10.8 Å². The van der Waals surface area contributed by atoms with Crippen molar-refractivity contribution in [2.24, 2.45) is 0 Å². The van der Waals surface area contributed by atoms with E-state index in [0.717, 1.165) is 23.1 Å². The van der Waals surface area contributed by atoms with Crippen molar-refractivity contribution in [2.45, 2.75) is 12.8 Å². The average molecular weight is 340 g/mol. The van der Waals surface area contributed by atoms with Crippen LogP contribution in [0.3, 0.4) is 0 Å². The monoisotopic (exact) mass is 339 g/mol. The zero-order valence-electron chi connectivity index (χ0n) is 10.8. The van der Waals surface area contributed by atoms with Gasteiger partial charge in [0, 0.05) is 15.6 Å². The molecule has 0 spiro atoms. The van der Waals surface area contributed by atoms with E-state index in [2.05, 4.69) is 10.2 Å². The lowest BCUT2D eigenvalue weighted by Gasteiger charge is -2.02. The molecule has 3 N–H and O–H groups in total. The number of hydrogen-bond acceptors (Lipinski definition) is 5. The first kappa shape index (κ1) is 14.4. The summed E-state index contributed by atoms with van der Waals surface area (Å²) in [6.45, 7) is 0. The van der Waals surface area contributed by atoms with Crippen molar-refractivity contribution in [2.75, 3.05) is 5.73 Å². The molecule has 0 fully saturated rings. The van der Waals surface area contributed by atoms with Gasteiger partial charge >= 0.3 is 0 Å². The number of nitrogen functional groups attached to an aromatic ring is 1. The molecule has 0 bridgehead atoms. The van der Waals surface area contributed by atoms with E-state index >= 15 is 0 Å².